The lowest BCUT2D eigenvalue weighted by molar-refractivity contribution is 0.411. The summed E-state index contributed by atoms with van der Waals surface area (Å²) < 4.78 is 25.9. The molecule has 0 amide bonds. The van der Waals surface area contributed by atoms with Gasteiger partial charge in [0.1, 0.15) is 0 Å². The summed E-state index contributed by atoms with van der Waals surface area (Å²) in [5, 5.41) is 5.13. The third-order valence-corrected chi connectivity index (χ3v) is 6.27. The van der Waals surface area contributed by atoms with Gasteiger partial charge in [-0.15, -0.1) is 11.3 Å². The molecular weight excluding hydrogens is 268 g/mol. The van der Waals surface area contributed by atoms with E-state index in [9.17, 15) is 8.42 Å². The first kappa shape index (κ1) is 14.0. The molecule has 1 aromatic rings. The van der Waals surface area contributed by atoms with E-state index < -0.39 is 10.0 Å². The number of nitrogens with zero attached hydrogens (tertiary/aromatic N) is 1. The molecule has 0 radical (unpaired) electrons. The summed E-state index contributed by atoms with van der Waals surface area (Å²) in [5.41, 5.74) is 0. The van der Waals surface area contributed by atoms with Crippen molar-refractivity contribution in [3.8, 4) is 0 Å². The van der Waals surface area contributed by atoms with Crippen LogP contribution in [0.1, 0.15) is 31.6 Å². The minimum Gasteiger partial charge on any atom is -0.309 e. The Labute approximate surface area is 113 Å². The highest BCUT2D eigenvalue weighted by Crippen LogP contribution is 2.25. The zero-order valence-electron chi connectivity index (χ0n) is 11.0. The molecule has 1 aliphatic rings. The van der Waals surface area contributed by atoms with Crippen LogP contribution in [0.15, 0.2) is 16.3 Å². The SMILES string of the molecule is CC(C)N(C)S(=O)(=O)c1csc(CNC2CC2)c1. The first-order chi connectivity index (χ1) is 8.41. The molecule has 0 atom stereocenters. The average Bonchev–Trinajstić information content (AvgIpc) is 3.01. The Kier molecular flexibility index (Phi) is 4.11. The molecule has 102 valence electrons. The van der Waals surface area contributed by atoms with Gasteiger partial charge in [-0.05, 0) is 32.8 Å². The highest BCUT2D eigenvalue weighted by Gasteiger charge is 2.25. The van der Waals surface area contributed by atoms with Crippen LogP contribution in [0, 0.1) is 0 Å². The van der Waals surface area contributed by atoms with E-state index in [4.69, 9.17) is 0 Å². The Balaban J connectivity index is 2.07. The molecule has 4 nitrogen and oxygen atoms in total. The minimum atomic E-state index is -3.32. The lowest BCUT2D eigenvalue weighted by atomic mass is 10.4. The Morgan fingerprint density at radius 3 is 2.72 bits per heavy atom. The summed E-state index contributed by atoms with van der Waals surface area (Å²) >= 11 is 1.51. The fourth-order valence-corrected chi connectivity index (χ4v) is 4.15. The van der Waals surface area contributed by atoms with Crippen molar-refractivity contribution in [3.05, 3.63) is 16.3 Å². The van der Waals surface area contributed by atoms with Crippen molar-refractivity contribution < 1.29 is 8.42 Å². The molecule has 0 aliphatic heterocycles. The zero-order valence-corrected chi connectivity index (χ0v) is 12.6. The molecule has 0 bridgehead atoms. The highest BCUT2D eigenvalue weighted by molar-refractivity contribution is 7.89. The number of rotatable bonds is 6. The first-order valence-corrected chi connectivity index (χ1v) is 8.52. The molecular formula is C12H20N2O2S2. The van der Waals surface area contributed by atoms with Crippen LogP contribution in [0.5, 0.6) is 0 Å². The van der Waals surface area contributed by atoms with Crippen molar-refractivity contribution in [2.24, 2.45) is 0 Å². The molecule has 6 heteroatoms. The summed E-state index contributed by atoms with van der Waals surface area (Å²) in [6, 6.07) is 2.40. The first-order valence-electron chi connectivity index (χ1n) is 6.20. The summed E-state index contributed by atoms with van der Waals surface area (Å²) in [7, 11) is -1.70. The standard InChI is InChI=1S/C12H20N2O2S2/c1-9(2)14(3)18(15,16)12-6-11(17-8-12)7-13-10-4-5-10/h6,8-10,13H,4-5,7H2,1-3H3. The van der Waals surface area contributed by atoms with E-state index in [1.807, 2.05) is 13.8 Å². The van der Waals surface area contributed by atoms with Crippen LogP contribution >= 0.6 is 11.3 Å². The van der Waals surface area contributed by atoms with Gasteiger partial charge in [-0.2, -0.15) is 4.31 Å². The number of hydrogen-bond donors (Lipinski definition) is 1. The smallest absolute Gasteiger partial charge is 0.243 e. The second kappa shape index (κ2) is 5.28. The maximum absolute atomic E-state index is 12.2. The van der Waals surface area contributed by atoms with Crippen LogP contribution in [-0.4, -0.2) is 31.9 Å². The number of sulfonamides is 1. The van der Waals surface area contributed by atoms with Gasteiger partial charge in [0.2, 0.25) is 10.0 Å². The van der Waals surface area contributed by atoms with Crippen molar-refractivity contribution in [1.29, 1.82) is 0 Å². The third kappa shape index (κ3) is 3.12. The van der Waals surface area contributed by atoms with E-state index in [1.54, 1.807) is 18.5 Å². The van der Waals surface area contributed by atoms with Gasteiger partial charge in [-0.1, -0.05) is 0 Å². The van der Waals surface area contributed by atoms with E-state index in [-0.39, 0.29) is 6.04 Å². The van der Waals surface area contributed by atoms with Gasteiger partial charge in [0.15, 0.2) is 0 Å². The topological polar surface area (TPSA) is 49.4 Å². The fraction of sp³-hybridized carbons (Fsp3) is 0.667. The molecule has 1 N–H and O–H groups in total. The summed E-state index contributed by atoms with van der Waals surface area (Å²) in [6.45, 7) is 4.52. The average molecular weight is 288 g/mol. The van der Waals surface area contributed by atoms with Gasteiger partial charge >= 0.3 is 0 Å². The Hall–Kier alpha value is -0.430. The summed E-state index contributed by atoms with van der Waals surface area (Å²) in [4.78, 5) is 1.49. The van der Waals surface area contributed by atoms with Gasteiger partial charge in [-0.25, -0.2) is 8.42 Å². The van der Waals surface area contributed by atoms with Gasteiger partial charge in [0.25, 0.3) is 0 Å². The minimum absolute atomic E-state index is 0.0251. The molecule has 1 aliphatic carbocycles. The number of nitrogens with one attached hydrogen (secondary N) is 1. The van der Waals surface area contributed by atoms with Crippen LogP contribution in [0.4, 0.5) is 0 Å². The van der Waals surface area contributed by atoms with Crippen LogP contribution in [0.3, 0.4) is 0 Å². The van der Waals surface area contributed by atoms with Crippen LogP contribution in [0.2, 0.25) is 0 Å². The highest BCUT2D eigenvalue weighted by atomic mass is 32.2. The van der Waals surface area contributed by atoms with Crippen LogP contribution in [0.25, 0.3) is 0 Å². The molecule has 1 aromatic heterocycles. The van der Waals surface area contributed by atoms with E-state index in [0.29, 0.717) is 10.9 Å². The van der Waals surface area contributed by atoms with E-state index >= 15 is 0 Å². The van der Waals surface area contributed by atoms with Crippen molar-refractivity contribution in [2.45, 2.75) is 50.2 Å². The predicted octanol–water partition coefficient (Wildman–Crippen LogP) is 2.03. The molecule has 1 heterocycles. The molecule has 0 saturated heterocycles. The van der Waals surface area contributed by atoms with Gasteiger partial charge in [-0.3, -0.25) is 0 Å². The van der Waals surface area contributed by atoms with E-state index in [2.05, 4.69) is 5.32 Å². The molecule has 2 rings (SSSR count). The Morgan fingerprint density at radius 1 is 1.50 bits per heavy atom. The van der Waals surface area contributed by atoms with Crippen molar-refractivity contribution >= 4 is 21.4 Å². The van der Waals surface area contributed by atoms with Gasteiger partial charge < -0.3 is 5.32 Å². The lowest BCUT2D eigenvalue weighted by Crippen LogP contribution is -2.32. The van der Waals surface area contributed by atoms with Crippen molar-refractivity contribution in [2.75, 3.05) is 7.05 Å². The zero-order chi connectivity index (χ0) is 13.3. The third-order valence-electron chi connectivity index (χ3n) is 3.18. The number of thiophene rings is 1. The van der Waals surface area contributed by atoms with Gasteiger partial charge in [0.05, 0.1) is 4.90 Å². The maximum atomic E-state index is 12.2. The molecule has 0 spiro atoms. The second-order valence-electron chi connectivity index (χ2n) is 5.02. The monoisotopic (exact) mass is 288 g/mol. The van der Waals surface area contributed by atoms with E-state index in [0.717, 1.165) is 11.4 Å². The normalized spacial score (nSPS) is 16.7. The van der Waals surface area contributed by atoms with Crippen molar-refractivity contribution in [1.82, 2.24) is 9.62 Å². The maximum Gasteiger partial charge on any atom is 0.243 e. The Bertz CT molecular complexity index is 504. The largest absolute Gasteiger partial charge is 0.309 e. The lowest BCUT2D eigenvalue weighted by Gasteiger charge is -2.19. The second-order valence-corrected chi connectivity index (χ2v) is 8.01. The summed E-state index contributed by atoms with van der Waals surface area (Å²) in [6.07, 6.45) is 2.49. The van der Waals surface area contributed by atoms with E-state index in [1.165, 1.54) is 28.5 Å². The van der Waals surface area contributed by atoms with Crippen LogP contribution in [-0.2, 0) is 16.6 Å². The molecule has 1 saturated carbocycles. The fourth-order valence-electron chi connectivity index (χ4n) is 1.56. The molecule has 0 aromatic carbocycles. The molecule has 0 unspecified atom stereocenters. The summed E-state index contributed by atoms with van der Waals surface area (Å²) in [5.74, 6) is 0. The quantitative estimate of drug-likeness (QED) is 0.871. The predicted molar refractivity (Wildman–Crippen MR) is 74.3 cm³/mol. The van der Waals surface area contributed by atoms with Gasteiger partial charge in [0, 0.05) is 35.9 Å². The molecule has 18 heavy (non-hydrogen) atoms. The molecule has 1 fully saturated rings. The Morgan fingerprint density at radius 2 is 2.17 bits per heavy atom. The number of hydrogen-bond acceptors (Lipinski definition) is 4. The van der Waals surface area contributed by atoms with Crippen LogP contribution < -0.4 is 5.32 Å². The van der Waals surface area contributed by atoms with Crippen molar-refractivity contribution in [3.63, 3.8) is 0 Å².